The number of nitrogens with zero attached hydrogens (tertiary/aromatic N) is 1. The monoisotopic (exact) mass is 332 g/mol. The number of hydrogen-bond donors (Lipinski definition) is 1. The Labute approximate surface area is 121 Å². The highest BCUT2D eigenvalue weighted by molar-refractivity contribution is 9.10. The number of benzene rings is 1. The Bertz CT molecular complexity index is 403. The summed E-state index contributed by atoms with van der Waals surface area (Å²) in [6, 6.07) is 5.31. The highest BCUT2D eigenvalue weighted by atomic mass is 79.9. The fourth-order valence-corrected chi connectivity index (χ4v) is 2.31. The van der Waals surface area contributed by atoms with E-state index in [1.54, 1.807) is 6.07 Å². The average molecular weight is 333 g/mol. The SMILES string of the molecule is CC(C)N(CCC(N)=S)Cc1cc(F)cc(Br)c1. The Hall–Kier alpha value is -0.520. The summed E-state index contributed by atoms with van der Waals surface area (Å²) in [5.74, 6) is -0.225. The second-order valence-electron chi connectivity index (χ2n) is 4.56. The van der Waals surface area contributed by atoms with Crippen molar-refractivity contribution < 1.29 is 4.39 Å². The number of halogens is 2. The molecule has 0 aromatic heterocycles. The summed E-state index contributed by atoms with van der Waals surface area (Å²) in [6.45, 7) is 5.69. The van der Waals surface area contributed by atoms with Crippen LogP contribution in [0.4, 0.5) is 4.39 Å². The minimum Gasteiger partial charge on any atom is -0.393 e. The average Bonchev–Trinajstić information content (AvgIpc) is 2.22. The van der Waals surface area contributed by atoms with Crippen LogP contribution in [-0.4, -0.2) is 22.5 Å². The quantitative estimate of drug-likeness (QED) is 0.809. The van der Waals surface area contributed by atoms with E-state index in [2.05, 4.69) is 34.7 Å². The van der Waals surface area contributed by atoms with E-state index in [0.717, 1.165) is 16.6 Å². The molecule has 100 valence electrons. The molecule has 0 spiro atoms. The molecule has 0 bridgehead atoms. The second kappa shape index (κ2) is 7.16. The Morgan fingerprint density at radius 1 is 1.44 bits per heavy atom. The molecule has 0 aliphatic carbocycles. The Kier molecular flexibility index (Phi) is 6.18. The normalized spacial score (nSPS) is 11.2. The number of hydrogen-bond acceptors (Lipinski definition) is 2. The first kappa shape index (κ1) is 15.5. The maximum absolute atomic E-state index is 13.3. The Morgan fingerprint density at radius 2 is 2.11 bits per heavy atom. The fourth-order valence-electron chi connectivity index (χ4n) is 1.71. The van der Waals surface area contributed by atoms with Crippen molar-refractivity contribution in [1.29, 1.82) is 0 Å². The highest BCUT2D eigenvalue weighted by Crippen LogP contribution is 2.17. The number of nitrogens with two attached hydrogens (primary N) is 1. The zero-order valence-electron chi connectivity index (χ0n) is 10.6. The predicted octanol–water partition coefficient (Wildman–Crippen LogP) is 3.47. The molecule has 2 nitrogen and oxygen atoms in total. The van der Waals surface area contributed by atoms with Gasteiger partial charge in [-0.15, -0.1) is 0 Å². The topological polar surface area (TPSA) is 29.3 Å². The third-order valence-corrected chi connectivity index (χ3v) is 3.35. The van der Waals surface area contributed by atoms with Crippen molar-refractivity contribution in [1.82, 2.24) is 4.90 Å². The van der Waals surface area contributed by atoms with Gasteiger partial charge in [-0.2, -0.15) is 0 Å². The van der Waals surface area contributed by atoms with Gasteiger partial charge in [0, 0.05) is 30.0 Å². The van der Waals surface area contributed by atoms with Crippen LogP contribution in [0.5, 0.6) is 0 Å². The number of rotatable bonds is 6. The van der Waals surface area contributed by atoms with Crippen LogP contribution >= 0.6 is 28.1 Å². The molecule has 2 N–H and O–H groups in total. The van der Waals surface area contributed by atoms with E-state index in [1.165, 1.54) is 6.07 Å². The standard InChI is InChI=1S/C13H18BrFN2S/c1-9(2)17(4-3-13(16)18)8-10-5-11(14)7-12(15)6-10/h5-7,9H,3-4,8H2,1-2H3,(H2,16,18). The van der Waals surface area contributed by atoms with Crippen LogP contribution in [0.15, 0.2) is 22.7 Å². The van der Waals surface area contributed by atoms with Gasteiger partial charge in [-0.05, 0) is 37.6 Å². The Morgan fingerprint density at radius 3 is 2.61 bits per heavy atom. The summed E-state index contributed by atoms with van der Waals surface area (Å²) in [4.78, 5) is 2.74. The molecule has 5 heteroatoms. The van der Waals surface area contributed by atoms with Crippen molar-refractivity contribution in [2.75, 3.05) is 6.54 Å². The van der Waals surface area contributed by atoms with Gasteiger partial charge in [-0.25, -0.2) is 4.39 Å². The van der Waals surface area contributed by atoms with Gasteiger partial charge in [-0.1, -0.05) is 28.1 Å². The molecule has 0 aliphatic rings. The smallest absolute Gasteiger partial charge is 0.124 e. The van der Waals surface area contributed by atoms with Crippen molar-refractivity contribution in [2.24, 2.45) is 5.73 Å². The summed E-state index contributed by atoms with van der Waals surface area (Å²) in [7, 11) is 0. The van der Waals surface area contributed by atoms with E-state index in [4.69, 9.17) is 18.0 Å². The molecule has 1 aromatic carbocycles. The third kappa shape index (κ3) is 5.42. The molecule has 0 atom stereocenters. The number of thiocarbonyl (C=S) groups is 1. The van der Waals surface area contributed by atoms with Gasteiger partial charge in [0.1, 0.15) is 5.82 Å². The van der Waals surface area contributed by atoms with E-state index in [0.29, 0.717) is 24.0 Å². The molecule has 1 aromatic rings. The molecule has 0 aliphatic heterocycles. The van der Waals surface area contributed by atoms with Gasteiger partial charge in [0.15, 0.2) is 0 Å². The summed E-state index contributed by atoms with van der Waals surface area (Å²) >= 11 is 8.19. The van der Waals surface area contributed by atoms with Crippen LogP contribution in [0, 0.1) is 5.82 Å². The molecule has 1 rings (SSSR count). The maximum Gasteiger partial charge on any atom is 0.124 e. The molecular weight excluding hydrogens is 315 g/mol. The largest absolute Gasteiger partial charge is 0.393 e. The zero-order chi connectivity index (χ0) is 13.7. The molecule has 18 heavy (non-hydrogen) atoms. The van der Waals surface area contributed by atoms with Crippen molar-refractivity contribution in [2.45, 2.75) is 32.9 Å². The lowest BCUT2D eigenvalue weighted by Gasteiger charge is -2.26. The van der Waals surface area contributed by atoms with E-state index >= 15 is 0 Å². The van der Waals surface area contributed by atoms with E-state index in [9.17, 15) is 4.39 Å². The molecular formula is C13H18BrFN2S. The predicted molar refractivity (Wildman–Crippen MR) is 81.0 cm³/mol. The first-order valence-electron chi connectivity index (χ1n) is 5.86. The fraction of sp³-hybridized carbons (Fsp3) is 0.462. The van der Waals surface area contributed by atoms with Crippen LogP contribution in [0.25, 0.3) is 0 Å². The van der Waals surface area contributed by atoms with Gasteiger partial charge in [0.05, 0.1) is 4.99 Å². The van der Waals surface area contributed by atoms with Gasteiger partial charge in [0.25, 0.3) is 0 Å². The van der Waals surface area contributed by atoms with Gasteiger partial charge < -0.3 is 5.73 Å². The third-order valence-electron chi connectivity index (χ3n) is 2.68. The van der Waals surface area contributed by atoms with Crippen LogP contribution in [0.3, 0.4) is 0 Å². The molecule has 0 radical (unpaired) electrons. The molecule has 0 unspecified atom stereocenters. The summed E-state index contributed by atoms with van der Waals surface area (Å²) in [6.07, 6.45) is 0.685. The lowest BCUT2D eigenvalue weighted by Crippen LogP contribution is -2.33. The van der Waals surface area contributed by atoms with Crippen molar-refractivity contribution >= 4 is 33.1 Å². The first-order valence-corrected chi connectivity index (χ1v) is 7.06. The lowest BCUT2D eigenvalue weighted by molar-refractivity contribution is 0.219. The summed E-state index contributed by atoms with van der Waals surface area (Å²) in [5, 5.41) is 0. The highest BCUT2D eigenvalue weighted by Gasteiger charge is 2.11. The van der Waals surface area contributed by atoms with E-state index in [-0.39, 0.29) is 5.82 Å². The van der Waals surface area contributed by atoms with Gasteiger partial charge in [0.2, 0.25) is 0 Å². The van der Waals surface area contributed by atoms with Crippen LogP contribution < -0.4 is 5.73 Å². The second-order valence-corrected chi connectivity index (χ2v) is 6.00. The minimum atomic E-state index is -0.225. The van der Waals surface area contributed by atoms with E-state index in [1.807, 2.05) is 6.07 Å². The van der Waals surface area contributed by atoms with Gasteiger partial charge in [-0.3, -0.25) is 4.90 Å². The van der Waals surface area contributed by atoms with Gasteiger partial charge >= 0.3 is 0 Å². The maximum atomic E-state index is 13.3. The molecule has 0 saturated carbocycles. The summed E-state index contributed by atoms with van der Waals surface area (Å²) in [5.41, 5.74) is 6.46. The zero-order valence-corrected chi connectivity index (χ0v) is 13.0. The first-order chi connectivity index (χ1) is 8.38. The minimum absolute atomic E-state index is 0.225. The van der Waals surface area contributed by atoms with Crippen molar-refractivity contribution in [3.8, 4) is 0 Å². The van der Waals surface area contributed by atoms with Crippen LogP contribution in [0.1, 0.15) is 25.8 Å². The van der Waals surface area contributed by atoms with Crippen LogP contribution in [-0.2, 0) is 6.54 Å². The molecule has 0 saturated heterocycles. The lowest BCUT2D eigenvalue weighted by atomic mass is 10.1. The molecule has 0 fully saturated rings. The Balaban J connectivity index is 2.73. The van der Waals surface area contributed by atoms with Crippen LogP contribution in [0.2, 0.25) is 0 Å². The molecule has 0 amide bonds. The summed E-state index contributed by atoms with van der Waals surface area (Å²) < 4.78 is 14.1. The molecule has 0 heterocycles. The van der Waals surface area contributed by atoms with Crippen molar-refractivity contribution in [3.05, 3.63) is 34.1 Å². The van der Waals surface area contributed by atoms with Crippen molar-refractivity contribution in [3.63, 3.8) is 0 Å². The van der Waals surface area contributed by atoms with E-state index < -0.39 is 0 Å².